The minimum Gasteiger partial charge on any atom is -0.332 e. The number of nitrogens with one attached hydrogen (secondary N) is 1. The average molecular weight is 410 g/mol. The number of amides is 2. The maximum Gasteiger partial charge on any atom is 0.238 e. The second-order valence-corrected chi connectivity index (χ2v) is 9.13. The molecule has 0 bridgehead atoms. The van der Waals surface area contributed by atoms with Gasteiger partial charge in [-0.2, -0.15) is 0 Å². The summed E-state index contributed by atoms with van der Waals surface area (Å²) in [4.78, 5) is 29.2. The number of aryl methyl sites for hydroxylation is 3. The summed E-state index contributed by atoms with van der Waals surface area (Å²) < 4.78 is 0. The quantitative estimate of drug-likeness (QED) is 0.741. The van der Waals surface area contributed by atoms with E-state index in [2.05, 4.69) is 17.4 Å². The molecule has 0 aliphatic heterocycles. The summed E-state index contributed by atoms with van der Waals surface area (Å²) in [6, 6.07) is 14.1. The minimum absolute atomic E-state index is 0.00403. The molecule has 0 heterocycles. The van der Waals surface area contributed by atoms with Crippen molar-refractivity contribution in [2.24, 2.45) is 0 Å². The average Bonchev–Trinajstić information content (AvgIpc) is 2.62. The van der Waals surface area contributed by atoms with Crippen molar-refractivity contribution in [3.63, 3.8) is 0 Å². The van der Waals surface area contributed by atoms with Crippen molar-refractivity contribution < 1.29 is 9.59 Å². The van der Waals surface area contributed by atoms with Gasteiger partial charge in [-0.25, -0.2) is 0 Å². The van der Waals surface area contributed by atoms with Crippen LogP contribution in [-0.2, 0) is 16.1 Å². The third-order valence-corrected chi connectivity index (χ3v) is 5.05. The van der Waals surface area contributed by atoms with Gasteiger partial charge >= 0.3 is 0 Å². The third-order valence-electron chi connectivity index (χ3n) is 5.05. The summed E-state index contributed by atoms with van der Waals surface area (Å²) >= 11 is 0. The molecule has 5 heteroatoms. The topological polar surface area (TPSA) is 52.7 Å². The highest BCUT2D eigenvalue weighted by atomic mass is 16.2. The first-order valence-electron chi connectivity index (χ1n) is 10.4. The van der Waals surface area contributed by atoms with E-state index in [1.54, 1.807) is 11.9 Å². The molecule has 5 nitrogen and oxygen atoms in total. The Morgan fingerprint density at radius 2 is 1.50 bits per heavy atom. The van der Waals surface area contributed by atoms with E-state index in [9.17, 15) is 9.59 Å². The first-order chi connectivity index (χ1) is 14.0. The van der Waals surface area contributed by atoms with Gasteiger partial charge in [-0.15, -0.1) is 0 Å². The Morgan fingerprint density at radius 3 is 2.03 bits per heavy atom. The fourth-order valence-corrected chi connectivity index (χ4v) is 3.64. The van der Waals surface area contributed by atoms with Gasteiger partial charge in [0.25, 0.3) is 0 Å². The lowest BCUT2D eigenvalue weighted by Crippen LogP contribution is -2.49. The highest BCUT2D eigenvalue weighted by Crippen LogP contribution is 2.22. The lowest BCUT2D eigenvalue weighted by atomic mass is 10.0. The largest absolute Gasteiger partial charge is 0.332 e. The van der Waals surface area contributed by atoms with Crippen LogP contribution in [0.4, 0.5) is 5.69 Å². The Kier molecular flexibility index (Phi) is 7.79. The number of nitrogens with zero attached hydrogens (tertiary/aromatic N) is 2. The van der Waals surface area contributed by atoms with Crippen molar-refractivity contribution in [3.05, 3.63) is 64.7 Å². The van der Waals surface area contributed by atoms with Crippen LogP contribution in [0.3, 0.4) is 0 Å². The molecule has 30 heavy (non-hydrogen) atoms. The summed E-state index contributed by atoms with van der Waals surface area (Å²) in [6.45, 7) is 13.0. The summed E-state index contributed by atoms with van der Waals surface area (Å²) in [5.41, 5.74) is 4.89. The van der Waals surface area contributed by atoms with Crippen molar-refractivity contribution >= 4 is 17.5 Å². The lowest BCUT2D eigenvalue weighted by molar-refractivity contribution is -0.137. The number of carbonyl (C=O) groups is 2. The second kappa shape index (κ2) is 9.90. The molecule has 0 aromatic heterocycles. The van der Waals surface area contributed by atoms with Crippen molar-refractivity contribution in [2.45, 2.75) is 53.6 Å². The number of likely N-dealkylation sites (N-methyl/N-ethyl adjacent to an activating group) is 1. The van der Waals surface area contributed by atoms with E-state index in [4.69, 9.17) is 0 Å². The van der Waals surface area contributed by atoms with Crippen LogP contribution in [0.15, 0.2) is 42.5 Å². The van der Waals surface area contributed by atoms with E-state index in [0.29, 0.717) is 6.54 Å². The van der Waals surface area contributed by atoms with Gasteiger partial charge in [-0.05, 0) is 65.3 Å². The molecule has 0 saturated carbocycles. The number of hydrogen-bond acceptors (Lipinski definition) is 3. The Morgan fingerprint density at radius 1 is 0.933 bits per heavy atom. The molecule has 2 amide bonds. The summed E-state index contributed by atoms with van der Waals surface area (Å²) in [5, 5.41) is 3.00. The van der Waals surface area contributed by atoms with Gasteiger partial charge < -0.3 is 10.2 Å². The second-order valence-electron chi connectivity index (χ2n) is 9.13. The van der Waals surface area contributed by atoms with Crippen LogP contribution in [-0.4, -0.2) is 47.3 Å². The highest BCUT2D eigenvalue weighted by Gasteiger charge is 2.27. The Hall–Kier alpha value is -2.66. The normalized spacial score (nSPS) is 11.5. The molecule has 0 fully saturated rings. The zero-order chi connectivity index (χ0) is 22.5. The third kappa shape index (κ3) is 6.70. The minimum atomic E-state index is -0.313. The molecule has 162 valence electrons. The van der Waals surface area contributed by atoms with Gasteiger partial charge in [-0.1, -0.05) is 48.0 Å². The van der Waals surface area contributed by atoms with Crippen molar-refractivity contribution in [1.82, 2.24) is 9.80 Å². The van der Waals surface area contributed by atoms with Gasteiger partial charge in [0.15, 0.2) is 0 Å². The summed E-state index contributed by atoms with van der Waals surface area (Å²) in [5.74, 6) is -0.116. The van der Waals surface area contributed by atoms with E-state index in [1.807, 2.05) is 76.8 Å². The highest BCUT2D eigenvalue weighted by molar-refractivity contribution is 5.94. The maximum atomic E-state index is 13.0. The maximum absolute atomic E-state index is 13.0. The number of rotatable bonds is 7. The fraction of sp³-hybridized carbons (Fsp3) is 0.440. The van der Waals surface area contributed by atoms with E-state index >= 15 is 0 Å². The first kappa shape index (κ1) is 23.6. The molecule has 0 radical (unpaired) electrons. The van der Waals surface area contributed by atoms with Gasteiger partial charge in [0.1, 0.15) is 0 Å². The molecular formula is C25H35N3O2. The van der Waals surface area contributed by atoms with Crippen molar-refractivity contribution in [3.8, 4) is 0 Å². The molecule has 0 spiro atoms. The Labute approximate surface area is 181 Å². The van der Waals surface area contributed by atoms with Crippen LogP contribution in [0.5, 0.6) is 0 Å². The molecule has 1 N–H and O–H groups in total. The molecule has 0 atom stereocenters. The zero-order valence-corrected chi connectivity index (χ0v) is 19.4. The predicted molar refractivity (Wildman–Crippen MR) is 124 cm³/mol. The van der Waals surface area contributed by atoms with E-state index < -0.39 is 0 Å². The standard InChI is InChI=1S/C25H35N3O2/c1-18-13-19(2)24(20(3)14-18)26-22(29)16-27(7)17-23(30)28(25(4,5)6)15-21-11-9-8-10-12-21/h8-14H,15-17H2,1-7H3,(H,26,29). The van der Waals surface area contributed by atoms with Crippen LogP contribution in [0.2, 0.25) is 0 Å². The number of benzene rings is 2. The zero-order valence-electron chi connectivity index (χ0n) is 19.4. The molecule has 2 rings (SSSR count). The SMILES string of the molecule is Cc1cc(C)c(NC(=O)CN(C)CC(=O)N(Cc2ccccc2)C(C)(C)C)c(C)c1. The Bertz CT molecular complexity index is 862. The smallest absolute Gasteiger partial charge is 0.238 e. The monoisotopic (exact) mass is 409 g/mol. The van der Waals surface area contributed by atoms with Crippen molar-refractivity contribution in [1.29, 1.82) is 0 Å². The number of hydrogen-bond donors (Lipinski definition) is 1. The summed E-state index contributed by atoms with van der Waals surface area (Å²) in [6.07, 6.45) is 0. The van der Waals surface area contributed by atoms with Crippen LogP contribution in [0, 0.1) is 20.8 Å². The van der Waals surface area contributed by atoms with Gasteiger partial charge in [0.2, 0.25) is 11.8 Å². The molecule has 0 aliphatic carbocycles. The molecule has 2 aromatic rings. The van der Waals surface area contributed by atoms with Gasteiger partial charge in [-0.3, -0.25) is 14.5 Å². The first-order valence-corrected chi connectivity index (χ1v) is 10.4. The fourth-order valence-electron chi connectivity index (χ4n) is 3.64. The van der Waals surface area contributed by atoms with Gasteiger partial charge in [0, 0.05) is 17.8 Å². The molecule has 0 unspecified atom stereocenters. The summed E-state index contributed by atoms with van der Waals surface area (Å²) in [7, 11) is 1.80. The van der Waals surface area contributed by atoms with Gasteiger partial charge in [0.05, 0.1) is 13.1 Å². The lowest BCUT2D eigenvalue weighted by Gasteiger charge is -2.37. The Balaban J connectivity index is 2.00. The van der Waals surface area contributed by atoms with E-state index in [0.717, 1.165) is 22.4 Å². The van der Waals surface area contributed by atoms with E-state index in [1.165, 1.54) is 5.56 Å². The van der Waals surface area contributed by atoms with Crippen molar-refractivity contribution in [2.75, 3.05) is 25.5 Å². The molecule has 0 saturated heterocycles. The molecule has 0 aliphatic rings. The van der Waals surface area contributed by atoms with Crippen LogP contribution >= 0.6 is 0 Å². The number of carbonyl (C=O) groups excluding carboxylic acids is 2. The van der Waals surface area contributed by atoms with Crippen LogP contribution < -0.4 is 5.32 Å². The predicted octanol–water partition coefficient (Wildman–Crippen LogP) is 4.31. The van der Waals surface area contributed by atoms with Crippen LogP contribution in [0.1, 0.15) is 43.0 Å². The number of anilines is 1. The molecular weight excluding hydrogens is 374 g/mol. The van der Waals surface area contributed by atoms with E-state index in [-0.39, 0.29) is 30.4 Å². The van der Waals surface area contributed by atoms with Crippen LogP contribution in [0.25, 0.3) is 0 Å². The molecule has 2 aromatic carbocycles.